The monoisotopic (exact) mass is 241 g/mol. The van der Waals surface area contributed by atoms with E-state index in [4.69, 9.17) is 0 Å². The van der Waals surface area contributed by atoms with E-state index < -0.39 is 0 Å². The summed E-state index contributed by atoms with van der Waals surface area (Å²) in [6.45, 7) is 13.6. The highest BCUT2D eigenvalue weighted by Gasteiger charge is 2.32. The molecule has 1 fully saturated rings. The lowest BCUT2D eigenvalue weighted by Crippen LogP contribution is -2.49. The summed E-state index contributed by atoms with van der Waals surface area (Å²) in [5.74, 6) is 2.13. The Balaban J connectivity index is 2.65. The Bertz CT molecular complexity index is 205. The second-order valence-electron chi connectivity index (χ2n) is 6.79. The molecule has 0 bridgehead atoms. The van der Waals surface area contributed by atoms with Gasteiger partial charge in [0, 0.05) is 19.1 Å². The van der Waals surface area contributed by atoms with Crippen LogP contribution in [0, 0.1) is 17.8 Å². The molecule has 2 nitrogen and oxygen atoms in total. The first-order valence-corrected chi connectivity index (χ1v) is 7.32. The van der Waals surface area contributed by atoms with Gasteiger partial charge in [0.25, 0.3) is 0 Å². The maximum Gasteiger partial charge on any atom is 0.0695 e. The van der Waals surface area contributed by atoms with Crippen LogP contribution in [-0.4, -0.2) is 35.2 Å². The molecule has 1 N–H and O–H groups in total. The molecule has 0 amide bonds. The molecule has 0 saturated heterocycles. The van der Waals surface area contributed by atoms with Gasteiger partial charge in [-0.05, 0) is 37.0 Å². The Kier molecular flexibility index (Phi) is 5.94. The smallest absolute Gasteiger partial charge is 0.0695 e. The molecule has 0 aliphatic heterocycles. The first-order chi connectivity index (χ1) is 7.90. The summed E-state index contributed by atoms with van der Waals surface area (Å²) < 4.78 is 0. The minimum Gasteiger partial charge on any atom is -0.391 e. The average Bonchev–Trinajstić information content (AvgIpc) is 2.19. The molecule has 1 saturated carbocycles. The fraction of sp³-hybridized carbons (Fsp3) is 1.00. The minimum absolute atomic E-state index is 0.108. The van der Waals surface area contributed by atoms with Gasteiger partial charge in [0.2, 0.25) is 0 Å². The third-order valence-corrected chi connectivity index (χ3v) is 3.71. The maximum atomic E-state index is 10.2. The van der Waals surface area contributed by atoms with Crippen LogP contribution >= 0.6 is 0 Å². The minimum atomic E-state index is -0.108. The van der Waals surface area contributed by atoms with Crippen molar-refractivity contribution in [3.63, 3.8) is 0 Å². The van der Waals surface area contributed by atoms with Gasteiger partial charge in [0.05, 0.1) is 6.10 Å². The summed E-state index contributed by atoms with van der Waals surface area (Å²) in [5, 5.41) is 10.2. The van der Waals surface area contributed by atoms with Crippen molar-refractivity contribution in [1.82, 2.24) is 4.90 Å². The van der Waals surface area contributed by atoms with Crippen LogP contribution in [0.5, 0.6) is 0 Å². The topological polar surface area (TPSA) is 23.5 Å². The van der Waals surface area contributed by atoms with Crippen molar-refractivity contribution in [1.29, 1.82) is 0 Å². The molecule has 0 spiro atoms. The summed E-state index contributed by atoms with van der Waals surface area (Å²) >= 11 is 0. The van der Waals surface area contributed by atoms with E-state index in [-0.39, 0.29) is 6.10 Å². The Labute approximate surface area is 107 Å². The van der Waals surface area contributed by atoms with Gasteiger partial charge in [-0.3, -0.25) is 4.90 Å². The lowest BCUT2D eigenvalue weighted by atomic mass is 9.83. The van der Waals surface area contributed by atoms with Gasteiger partial charge in [-0.2, -0.15) is 0 Å². The van der Waals surface area contributed by atoms with Crippen LogP contribution < -0.4 is 0 Å². The fourth-order valence-electron chi connectivity index (χ4n) is 3.01. The maximum absolute atomic E-state index is 10.2. The van der Waals surface area contributed by atoms with Crippen molar-refractivity contribution < 1.29 is 5.11 Å². The van der Waals surface area contributed by atoms with Crippen LogP contribution in [0.25, 0.3) is 0 Å². The van der Waals surface area contributed by atoms with E-state index in [9.17, 15) is 5.11 Å². The Morgan fingerprint density at radius 2 is 1.59 bits per heavy atom. The van der Waals surface area contributed by atoms with E-state index in [0.717, 1.165) is 25.4 Å². The normalized spacial score (nSPS) is 30.5. The van der Waals surface area contributed by atoms with Crippen LogP contribution in [0.3, 0.4) is 0 Å². The molecular weight excluding hydrogens is 210 g/mol. The highest BCUT2D eigenvalue weighted by atomic mass is 16.3. The fourth-order valence-corrected chi connectivity index (χ4v) is 3.01. The number of hydrogen-bond donors (Lipinski definition) is 1. The van der Waals surface area contributed by atoms with E-state index >= 15 is 0 Å². The van der Waals surface area contributed by atoms with Gasteiger partial charge in [0.15, 0.2) is 0 Å². The highest BCUT2D eigenvalue weighted by Crippen LogP contribution is 2.28. The van der Waals surface area contributed by atoms with E-state index in [2.05, 4.69) is 39.5 Å². The Morgan fingerprint density at radius 1 is 1.06 bits per heavy atom. The summed E-state index contributed by atoms with van der Waals surface area (Å²) in [4.78, 5) is 2.54. The van der Waals surface area contributed by atoms with Gasteiger partial charge >= 0.3 is 0 Å². The quantitative estimate of drug-likeness (QED) is 0.799. The van der Waals surface area contributed by atoms with Gasteiger partial charge < -0.3 is 5.11 Å². The molecule has 17 heavy (non-hydrogen) atoms. The third kappa shape index (κ3) is 4.97. The molecular formula is C15H31NO. The van der Waals surface area contributed by atoms with Gasteiger partial charge in [0.1, 0.15) is 0 Å². The second kappa shape index (κ2) is 6.75. The highest BCUT2D eigenvalue weighted by molar-refractivity contribution is 4.86. The van der Waals surface area contributed by atoms with Crippen LogP contribution in [0.1, 0.15) is 53.9 Å². The summed E-state index contributed by atoms with van der Waals surface area (Å²) in [7, 11) is 0. The standard InChI is InChI=1S/C15H31NO/c1-11(2)9-16(10-12(3)4)14-8-13(5)6-7-15(14)17/h11-15,17H,6-10H2,1-5H3. The van der Waals surface area contributed by atoms with Crippen LogP contribution in [0.2, 0.25) is 0 Å². The Hall–Kier alpha value is -0.0800. The zero-order valence-corrected chi connectivity index (χ0v) is 12.3. The molecule has 102 valence electrons. The Morgan fingerprint density at radius 3 is 2.06 bits per heavy atom. The lowest BCUT2D eigenvalue weighted by molar-refractivity contribution is -0.00384. The van der Waals surface area contributed by atoms with Crippen molar-refractivity contribution in [3.8, 4) is 0 Å². The van der Waals surface area contributed by atoms with Crippen molar-refractivity contribution in [2.45, 2.75) is 66.0 Å². The van der Waals surface area contributed by atoms with E-state index in [1.807, 2.05) is 0 Å². The van der Waals surface area contributed by atoms with E-state index in [0.29, 0.717) is 17.9 Å². The predicted octanol–water partition coefficient (Wildman–Crippen LogP) is 3.15. The number of rotatable bonds is 5. The molecule has 2 heteroatoms. The molecule has 1 aliphatic carbocycles. The first kappa shape index (κ1) is 15.0. The predicted molar refractivity (Wildman–Crippen MR) is 74.1 cm³/mol. The van der Waals surface area contributed by atoms with Gasteiger partial charge in [-0.25, -0.2) is 0 Å². The SMILES string of the molecule is CC(C)CN(CC(C)C)C1CC(C)CCC1O. The van der Waals surface area contributed by atoms with Crippen LogP contribution in [0.4, 0.5) is 0 Å². The van der Waals surface area contributed by atoms with E-state index in [1.165, 1.54) is 12.8 Å². The average molecular weight is 241 g/mol. The molecule has 0 aromatic rings. The molecule has 0 aromatic heterocycles. The molecule has 1 aliphatic rings. The van der Waals surface area contributed by atoms with Crippen molar-refractivity contribution in [3.05, 3.63) is 0 Å². The molecule has 0 heterocycles. The summed E-state index contributed by atoms with van der Waals surface area (Å²) in [5.41, 5.74) is 0. The van der Waals surface area contributed by atoms with Gasteiger partial charge in [-0.1, -0.05) is 34.6 Å². The zero-order chi connectivity index (χ0) is 13.0. The molecule has 3 unspecified atom stereocenters. The number of aliphatic hydroxyl groups is 1. The van der Waals surface area contributed by atoms with Gasteiger partial charge in [-0.15, -0.1) is 0 Å². The molecule has 1 rings (SSSR count). The number of hydrogen-bond acceptors (Lipinski definition) is 2. The first-order valence-electron chi connectivity index (χ1n) is 7.32. The summed E-state index contributed by atoms with van der Waals surface area (Å²) in [6.07, 6.45) is 3.23. The second-order valence-corrected chi connectivity index (χ2v) is 6.79. The van der Waals surface area contributed by atoms with Crippen molar-refractivity contribution in [2.24, 2.45) is 17.8 Å². The molecule has 0 aromatic carbocycles. The lowest BCUT2D eigenvalue weighted by Gasteiger charge is -2.41. The third-order valence-electron chi connectivity index (χ3n) is 3.71. The number of aliphatic hydroxyl groups excluding tert-OH is 1. The zero-order valence-electron chi connectivity index (χ0n) is 12.3. The van der Waals surface area contributed by atoms with E-state index in [1.54, 1.807) is 0 Å². The molecule has 0 radical (unpaired) electrons. The van der Waals surface area contributed by atoms with Crippen molar-refractivity contribution in [2.75, 3.05) is 13.1 Å². The largest absolute Gasteiger partial charge is 0.391 e. The van der Waals surface area contributed by atoms with Crippen molar-refractivity contribution >= 4 is 0 Å². The molecule has 3 atom stereocenters. The van der Waals surface area contributed by atoms with Crippen LogP contribution in [0.15, 0.2) is 0 Å². The van der Waals surface area contributed by atoms with Crippen LogP contribution in [-0.2, 0) is 0 Å². The number of nitrogens with zero attached hydrogens (tertiary/aromatic N) is 1. The summed E-state index contributed by atoms with van der Waals surface area (Å²) in [6, 6.07) is 0.392.